The Morgan fingerprint density at radius 3 is 2.71 bits per heavy atom. The number of rotatable bonds is 2. The van der Waals surface area contributed by atoms with Gasteiger partial charge in [0.2, 0.25) is 0 Å². The van der Waals surface area contributed by atoms with Crippen LogP contribution < -0.4 is 9.75 Å². The number of nitrogens with zero attached hydrogens (tertiary/aromatic N) is 4. The van der Waals surface area contributed by atoms with E-state index < -0.39 is 0 Å². The number of benzene rings is 2. The van der Waals surface area contributed by atoms with Gasteiger partial charge in [-0.3, -0.25) is 9.99 Å². The van der Waals surface area contributed by atoms with E-state index in [1.165, 1.54) is 0 Å². The van der Waals surface area contributed by atoms with Gasteiger partial charge in [0.1, 0.15) is 11.8 Å². The molecule has 0 aliphatic carbocycles. The smallest absolute Gasteiger partial charge is 0.128 e. The number of para-hydroxylation sites is 2. The number of hydrazone groups is 1. The number of ether oxygens (including phenoxy) is 1. The van der Waals surface area contributed by atoms with Crippen molar-refractivity contribution in [2.45, 2.75) is 5.92 Å². The summed E-state index contributed by atoms with van der Waals surface area (Å²) in [5, 5.41) is 16.5. The van der Waals surface area contributed by atoms with Crippen LogP contribution in [0.25, 0.3) is 0 Å². The standard InChI is InChI=1S/C23H18N4O/c24-12-16-6-1-3-9-21(16)27-14-19(17-7-5-11-25-13-17)20-15-28-22-10-4-2-8-18(22)23(20)26-27/h1-11,13,19-20H,14-15H2. The van der Waals surface area contributed by atoms with Crippen molar-refractivity contribution in [2.75, 3.05) is 18.2 Å². The Bertz CT molecular complexity index is 1090. The second kappa shape index (κ2) is 6.82. The van der Waals surface area contributed by atoms with Gasteiger partial charge in [-0.1, -0.05) is 30.3 Å². The molecule has 0 amide bonds. The molecule has 0 bridgehead atoms. The van der Waals surface area contributed by atoms with E-state index in [9.17, 15) is 5.26 Å². The summed E-state index contributed by atoms with van der Waals surface area (Å²) in [4.78, 5) is 4.32. The normalized spacial score (nSPS) is 20.2. The zero-order chi connectivity index (χ0) is 18.9. The minimum Gasteiger partial charge on any atom is -0.492 e. The highest BCUT2D eigenvalue weighted by Gasteiger charge is 2.39. The fraction of sp³-hybridized carbons (Fsp3) is 0.174. The fourth-order valence-corrected chi connectivity index (χ4v) is 4.06. The van der Waals surface area contributed by atoms with Gasteiger partial charge in [-0.15, -0.1) is 0 Å². The van der Waals surface area contributed by atoms with E-state index in [4.69, 9.17) is 9.84 Å². The van der Waals surface area contributed by atoms with Gasteiger partial charge in [0.15, 0.2) is 0 Å². The monoisotopic (exact) mass is 366 g/mol. The topological polar surface area (TPSA) is 61.5 Å². The van der Waals surface area contributed by atoms with E-state index in [1.54, 1.807) is 6.20 Å². The minimum absolute atomic E-state index is 0.143. The third kappa shape index (κ3) is 2.71. The van der Waals surface area contributed by atoms with Gasteiger partial charge in [0, 0.05) is 36.3 Å². The molecule has 5 nitrogen and oxygen atoms in total. The van der Waals surface area contributed by atoms with Crippen molar-refractivity contribution in [3.05, 3.63) is 89.7 Å². The van der Waals surface area contributed by atoms with Crippen LogP contribution in [0.3, 0.4) is 0 Å². The summed E-state index contributed by atoms with van der Waals surface area (Å²) >= 11 is 0. The molecule has 2 aliphatic rings. The number of nitriles is 1. The number of hydrogen-bond donors (Lipinski definition) is 0. The van der Waals surface area contributed by atoms with Gasteiger partial charge < -0.3 is 4.74 Å². The second-order valence-corrected chi connectivity index (χ2v) is 7.00. The van der Waals surface area contributed by atoms with Gasteiger partial charge in [-0.05, 0) is 35.9 Å². The lowest BCUT2D eigenvalue weighted by molar-refractivity contribution is 0.249. The molecule has 28 heavy (non-hydrogen) atoms. The highest BCUT2D eigenvalue weighted by molar-refractivity contribution is 6.06. The van der Waals surface area contributed by atoms with E-state index >= 15 is 0 Å². The van der Waals surface area contributed by atoms with Crippen LogP contribution in [0.4, 0.5) is 5.69 Å². The van der Waals surface area contributed by atoms with Crippen molar-refractivity contribution in [3.8, 4) is 11.8 Å². The van der Waals surface area contributed by atoms with E-state index in [0.717, 1.165) is 28.3 Å². The number of aromatic nitrogens is 1. The summed E-state index contributed by atoms with van der Waals surface area (Å²) in [6.45, 7) is 1.26. The van der Waals surface area contributed by atoms with Crippen LogP contribution in [0.15, 0.2) is 78.2 Å². The first-order valence-electron chi connectivity index (χ1n) is 9.32. The average Bonchev–Trinajstić information content (AvgIpc) is 2.78. The average molecular weight is 366 g/mol. The fourth-order valence-electron chi connectivity index (χ4n) is 4.06. The summed E-state index contributed by atoms with van der Waals surface area (Å²) in [6.07, 6.45) is 3.71. The molecule has 5 rings (SSSR count). The Morgan fingerprint density at radius 1 is 1.00 bits per heavy atom. The zero-order valence-electron chi connectivity index (χ0n) is 15.2. The van der Waals surface area contributed by atoms with Crippen molar-refractivity contribution < 1.29 is 4.74 Å². The summed E-state index contributed by atoms with van der Waals surface area (Å²) in [6, 6.07) is 22.0. The maximum Gasteiger partial charge on any atom is 0.128 e. The van der Waals surface area contributed by atoms with Gasteiger partial charge in [0.05, 0.1) is 23.6 Å². The minimum atomic E-state index is 0.143. The molecule has 2 atom stereocenters. The molecule has 3 aromatic rings. The Kier molecular flexibility index (Phi) is 4.02. The molecule has 1 aromatic heterocycles. The van der Waals surface area contributed by atoms with E-state index in [2.05, 4.69) is 23.2 Å². The summed E-state index contributed by atoms with van der Waals surface area (Å²) in [5.74, 6) is 1.17. The predicted octanol–water partition coefficient (Wildman–Crippen LogP) is 3.97. The van der Waals surface area contributed by atoms with Crippen LogP contribution in [0.2, 0.25) is 0 Å². The Balaban J connectivity index is 1.67. The maximum absolute atomic E-state index is 9.57. The molecule has 5 heteroatoms. The molecule has 2 aliphatic heterocycles. The molecule has 0 fully saturated rings. The SMILES string of the molecule is N#Cc1ccccc1N1CC(c2cccnc2)C2COc3ccccc3C2=N1. The summed E-state index contributed by atoms with van der Waals surface area (Å²) in [7, 11) is 0. The van der Waals surface area contributed by atoms with Gasteiger partial charge in [0.25, 0.3) is 0 Å². The van der Waals surface area contributed by atoms with Crippen LogP contribution >= 0.6 is 0 Å². The van der Waals surface area contributed by atoms with Crippen molar-refractivity contribution >= 4 is 11.4 Å². The van der Waals surface area contributed by atoms with Gasteiger partial charge in [-0.2, -0.15) is 10.4 Å². The third-order valence-electron chi connectivity index (χ3n) is 5.43. The molecule has 136 valence electrons. The van der Waals surface area contributed by atoms with E-state index in [0.29, 0.717) is 18.7 Å². The molecular weight excluding hydrogens is 348 g/mol. The quantitative estimate of drug-likeness (QED) is 0.688. The van der Waals surface area contributed by atoms with Gasteiger partial charge in [-0.25, -0.2) is 0 Å². The van der Waals surface area contributed by atoms with Crippen molar-refractivity contribution in [1.82, 2.24) is 4.98 Å². The molecule has 0 N–H and O–H groups in total. The molecule has 0 saturated carbocycles. The number of pyridine rings is 1. The predicted molar refractivity (Wildman–Crippen MR) is 107 cm³/mol. The Labute approximate surface area is 163 Å². The molecule has 2 unspecified atom stereocenters. The lowest BCUT2D eigenvalue weighted by atomic mass is 9.79. The number of anilines is 1. The van der Waals surface area contributed by atoms with Crippen molar-refractivity contribution in [1.29, 1.82) is 5.26 Å². The first-order chi connectivity index (χ1) is 13.8. The highest BCUT2D eigenvalue weighted by Crippen LogP contribution is 2.40. The van der Waals surface area contributed by atoms with Crippen LogP contribution in [0, 0.1) is 17.2 Å². The molecule has 0 radical (unpaired) electrons. The number of hydrogen-bond acceptors (Lipinski definition) is 5. The third-order valence-corrected chi connectivity index (χ3v) is 5.43. The zero-order valence-corrected chi connectivity index (χ0v) is 15.2. The van der Waals surface area contributed by atoms with E-state index in [1.807, 2.05) is 59.7 Å². The second-order valence-electron chi connectivity index (χ2n) is 7.00. The highest BCUT2D eigenvalue weighted by atomic mass is 16.5. The van der Waals surface area contributed by atoms with Crippen molar-refractivity contribution in [3.63, 3.8) is 0 Å². The number of fused-ring (bicyclic) bond motifs is 3. The molecular formula is C23H18N4O. The molecule has 3 heterocycles. The molecule has 0 saturated heterocycles. The summed E-state index contributed by atoms with van der Waals surface area (Å²) < 4.78 is 6.06. The van der Waals surface area contributed by atoms with Crippen LogP contribution in [-0.4, -0.2) is 23.8 Å². The van der Waals surface area contributed by atoms with Crippen LogP contribution in [0.5, 0.6) is 5.75 Å². The lowest BCUT2D eigenvalue weighted by Crippen LogP contribution is -2.44. The molecule has 0 spiro atoms. The maximum atomic E-state index is 9.57. The van der Waals surface area contributed by atoms with Crippen LogP contribution in [-0.2, 0) is 0 Å². The van der Waals surface area contributed by atoms with Crippen molar-refractivity contribution in [2.24, 2.45) is 11.0 Å². The molecule has 2 aromatic carbocycles. The first kappa shape index (κ1) is 16.5. The largest absolute Gasteiger partial charge is 0.492 e. The van der Waals surface area contributed by atoms with E-state index in [-0.39, 0.29) is 11.8 Å². The first-order valence-corrected chi connectivity index (χ1v) is 9.32. The van der Waals surface area contributed by atoms with Crippen LogP contribution in [0.1, 0.15) is 22.6 Å². The Hall–Kier alpha value is -3.65. The summed E-state index contributed by atoms with van der Waals surface area (Å²) in [5.41, 5.74) is 4.63. The van der Waals surface area contributed by atoms with Gasteiger partial charge >= 0.3 is 0 Å². The lowest BCUT2D eigenvalue weighted by Gasteiger charge is -2.40. The Morgan fingerprint density at radius 2 is 1.86 bits per heavy atom.